The van der Waals surface area contributed by atoms with Crippen LogP contribution in [0.3, 0.4) is 0 Å². The summed E-state index contributed by atoms with van der Waals surface area (Å²) in [6.45, 7) is 1.25. The van der Waals surface area contributed by atoms with E-state index >= 15 is 0 Å². The second kappa shape index (κ2) is 6.51. The first-order chi connectivity index (χ1) is 10.7. The van der Waals surface area contributed by atoms with E-state index in [-0.39, 0.29) is 17.8 Å². The van der Waals surface area contributed by atoms with Crippen molar-refractivity contribution in [2.45, 2.75) is 18.9 Å². The number of ether oxygens (including phenoxy) is 1. The normalized spacial score (nSPS) is 15.6. The molecule has 1 aromatic carbocycles. The number of carbonyl (C=O) groups is 1. The van der Waals surface area contributed by atoms with Crippen molar-refractivity contribution in [2.24, 2.45) is 0 Å². The highest BCUT2D eigenvalue weighted by molar-refractivity contribution is 5.93. The zero-order valence-electron chi connectivity index (χ0n) is 12.0. The lowest BCUT2D eigenvalue weighted by atomic mass is 10.1. The smallest absolute Gasteiger partial charge is 0.256 e. The molecular weight excluding hydrogens is 285 g/mol. The van der Waals surface area contributed by atoms with Crippen LogP contribution in [0.2, 0.25) is 0 Å². The van der Waals surface area contributed by atoms with Gasteiger partial charge in [0.25, 0.3) is 5.91 Å². The van der Waals surface area contributed by atoms with Crippen LogP contribution in [0.1, 0.15) is 23.2 Å². The molecule has 1 aromatic heterocycles. The Labute approximate surface area is 127 Å². The summed E-state index contributed by atoms with van der Waals surface area (Å²) in [6.07, 6.45) is 5.99. The number of hydrogen-bond donors (Lipinski definition) is 0. The Bertz CT molecular complexity index is 626. The summed E-state index contributed by atoms with van der Waals surface area (Å²) in [7, 11) is 0. The second-order valence-electron chi connectivity index (χ2n) is 5.19. The lowest BCUT2D eigenvalue weighted by Gasteiger charge is -2.32. The van der Waals surface area contributed by atoms with Gasteiger partial charge >= 0.3 is 0 Å². The maximum Gasteiger partial charge on any atom is 0.256 e. The predicted octanol–water partition coefficient (Wildman–Crippen LogP) is 2.30. The highest BCUT2D eigenvalue weighted by Gasteiger charge is 2.24. The van der Waals surface area contributed by atoms with E-state index < -0.39 is 0 Å². The average Bonchev–Trinajstić information content (AvgIpc) is 2.58. The standard InChI is InChI=1S/C16H16FN3O2/c17-13-1-3-14(4-2-13)22-15-5-7-20(8-6-15)16(21)12-9-18-11-19-10-12/h1-4,9-11,15H,5-8H2. The van der Waals surface area contributed by atoms with E-state index in [1.165, 1.54) is 30.9 Å². The van der Waals surface area contributed by atoms with Gasteiger partial charge in [0.1, 0.15) is 24.0 Å². The summed E-state index contributed by atoms with van der Waals surface area (Å²) >= 11 is 0. The Kier molecular flexibility index (Phi) is 4.27. The van der Waals surface area contributed by atoms with Crippen LogP contribution in [-0.2, 0) is 0 Å². The number of carbonyl (C=O) groups excluding carboxylic acids is 1. The van der Waals surface area contributed by atoms with Gasteiger partial charge in [0.05, 0.1) is 5.56 Å². The van der Waals surface area contributed by atoms with Crippen molar-refractivity contribution in [1.82, 2.24) is 14.9 Å². The quantitative estimate of drug-likeness (QED) is 0.873. The monoisotopic (exact) mass is 301 g/mol. The fourth-order valence-electron chi connectivity index (χ4n) is 2.47. The van der Waals surface area contributed by atoms with Gasteiger partial charge in [-0.25, -0.2) is 14.4 Å². The van der Waals surface area contributed by atoms with Gasteiger partial charge in [-0.15, -0.1) is 0 Å². The highest BCUT2D eigenvalue weighted by atomic mass is 19.1. The molecule has 0 spiro atoms. The Morgan fingerprint density at radius 2 is 1.77 bits per heavy atom. The van der Waals surface area contributed by atoms with E-state index in [1.807, 2.05) is 0 Å². The van der Waals surface area contributed by atoms with Crippen LogP contribution in [0.15, 0.2) is 43.0 Å². The number of rotatable bonds is 3. The maximum absolute atomic E-state index is 12.9. The van der Waals surface area contributed by atoms with Gasteiger partial charge in [0.2, 0.25) is 0 Å². The number of likely N-dealkylation sites (tertiary alicyclic amines) is 1. The zero-order chi connectivity index (χ0) is 15.4. The minimum atomic E-state index is -0.280. The predicted molar refractivity (Wildman–Crippen MR) is 78.0 cm³/mol. The van der Waals surface area contributed by atoms with Crippen molar-refractivity contribution in [3.63, 3.8) is 0 Å². The SMILES string of the molecule is O=C(c1cncnc1)N1CCC(Oc2ccc(F)cc2)CC1. The lowest BCUT2D eigenvalue weighted by molar-refractivity contribution is 0.0594. The van der Waals surface area contributed by atoms with Gasteiger partial charge in [0.15, 0.2) is 0 Å². The first-order valence-corrected chi connectivity index (χ1v) is 7.19. The molecule has 6 heteroatoms. The van der Waals surface area contributed by atoms with E-state index in [9.17, 15) is 9.18 Å². The van der Waals surface area contributed by atoms with E-state index in [1.54, 1.807) is 17.0 Å². The summed E-state index contributed by atoms with van der Waals surface area (Å²) in [5.41, 5.74) is 0.500. The average molecular weight is 301 g/mol. The van der Waals surface area contributed by atoms with Gasteiger partial charge in [-0.05, 0) is 24.3 Å². The van der Waals surface area contributed by atoms with Crippen LogP contribution >= 0.6 is 0 Å². The third kappa shape index (κ3) is 3.39. The lowest BCUT2D eigenvalue weighted by Crippen LogP contribution is -2.41. The Morgan fingerprint density at radius 1 is 1.14 bits per heavy atom. The van der Waals surface area contributed by atoms with E-state index in [4.69, 9.17) is 4.74 Å². The molecule has 114 valence electrons. The van der Waals surface area contributed by atoms with Crippen molar-refractivity contribution in [3.8, 4) is 5.75 Å². The Balaban J connectivity index is 1.54. The van der Waals surface area contributed by atoms with Crippen molar-refractivity contribution >= 4 is 5.91 Å². The molecule has 1 saturated heterocycles. The molecule has 3 rings (SSSR count). The molecule has 0 unspecified atom stereocenters. The number of amides is 1. The molecule has 0 aliphatic carbocycles. The molecule has 1 aliphatic heterocycles. The summed E-state index contributed by atoms with van der Waals surface area (Å²) in [5, 5.41) is 0. The Morgan fingerprint density at radius 3 is 2.41 bits per heavy atom. The molecular formula is C16H16FN3O2. The first-order valence-electron chi connectivity index (χ1n) is 7.19. The van der Waals surface area contributed by atoms with Crippen molar-refractivity contribution < 1.29 is 13.9 Å². The van der Waals surface area contributed by atoms with Crippen LogP contribution < -0.4 is 4.74 Å². The van der Waals surface area contributed by atoms with Gasteiger partial charge in [-0.2, -0.15) is 0 Å². The van der Waals surface area contributed by atoms with Gasteiger partial charge in [0, 0.05) is 38.3 Å². The largest absolute Gasteiger partial charge is 0.490 e. The number of nitrogens with zero attached hydrogens (tertiary/aromatic N) is 3. The summed E-state index contributed by atoms with van der Waals surface area (Å²) in [4.78, 5) is 21.8. The topological polar surface area (TPSA) is 55.3 Å². The van der Waals surface area contributed by atoms with Gasteiger partial charge in [-0.3, -0.25) is 4.79 Å². The van der Waals surface area contributed by atoms with Crippen molar-refractivity contribution in [1.29, 1.82) is 0 Å². The number of hydrogen-bond acceptors (Lipinski definition) is 4. The van der Waals surface area contributed by atoms with Gasteiger partial charge < -0.3 is 9.64 Å². The fourth-order valence-corrected chi connectivity index (χ4v) is 2.47. The van der Waals surface area contributed by atoms with E-state index in [0.29, 0.717) is 24.4 Å². The molecule has 0 bridgehead atoms. The van der Waals surface area contributed by atoms with Crippen LogP contribution in [0.4, 0.5) is 4.39 Å². The molecule has 0 saturated carbocycles. The first kappa shape index (κ1) is 14.4. The minimum absolute atomic E-state index is 0.0431. The van der Waals surface area contributed by atoms with E-state index in [0.717, 1.165) is 12.8 Å². The molecule has 0 atom stereocenters. The van der Waals surface area contributed by atoms with Crippen LogP contribution in [0.5, 0.6) is 5.75 Å². The number of piperidine rings is 1. The molecule has 2 heterocycles. The molecule has 2 aromatic rings. The molecule has 5 nitrogen and oxygen atoms in total. The van der Waals surface area contributed by atoms with Crippen molar-refractivity contribution in [3.05, 3.63) is 54.4 Å². The molecule has 22 heavy (non-hydrogen) atoms. The van der Waals surface area contributed by atoms with Crippen molar-refractivity contribution in [2.75, 3.05) is 13.1 Å². The molecule has 1 fully saturated rings. The maximum atomic E-state index is 12.9. The number of aromatic nitrogens is 2. The summed E-state index contributed by atoms with van der Waals surface area (Å²) in [5.74, 6) is 0.321. The molecule has 0 N–H and O–H groups in total. The number of halogens is 1. The van der Waals surface area contributed by atoms with Crippen LogP contribution in [0.25, 0.3) is 0 Å². The second-order valence-corrected chi connectivity index (χ2v) is 5.19. The third-order valence-corrected chi connectivity index (χ3v) is 3.65. The van der Waals surface area contributed by atoms with Gasteiger partial charge in [-0.1, -0.05) is 0 Å². The molecule has 1 aliphatic rings. The van der Waals surface area contributed by atoms with Crippen LogP contribution in [0, 0.1) is 5.82 Å². The fraction of sp³-hybridized carbons (Fsp3) is 0.312. The molecule has 1 amide bonds. The zero-order valence-corrected chi connectivity index (χ0v) is 12.0. The highest BCUT2D eigenvalue weighted by Crippen LogP contribution is 2.20. The Hall–Kier alpha value is -2.50. The summed E-state index contributed by atoms with van der Waals surface area (Å²) < 4.78 is 18.7. The third-order valence-electron chi connectivity index (χ3n) is 3.65. The van der Waals surface area contributed by atoms with E-state index in [2.05, 4.69) is 9.97 Å². The molecule has 0 radical (unpaired) electrons. The minimum Gasteiger partial charge on any atom is -0.490 e. The summed E-state index contributed by atoms with van der Waals surface area (Å²) in [6, 6.07) is 6.00. The number of benzene rings is 1. The van der Waals surface area contributed by atoms with Crippen LogP contribution in [-0.4, -0.2) is 40.0 Å².